The molecule has 2 N–H and O–H groups in total. The van der Waals surface area contributed by atoms with E-state index in [9.17, 15) is 14.4 Å². The van der Waals surface area contributed by atoms with Gasteiger partial charge in [0.15, 0.2) is 0 Å². The lowest BCUT2D eigenvalue weighted by molar-refractivity contribution is -0.122. The van der Waals surface area contributed by atoms with Crippen LogP contribution in [0.2, 0.25) is 0 Å². The molecule has 2 amide bonds. The predicted molar refractivity (Wildman–Crippen MR) is 78.6 cm³/mol. The van der Waals surface area contributed by atoms with Crippen LogP contribution in [0.25, 0.3) is 10.9 Å². The van der Waals surface area contributed by atoms with Crippen molar-refractivity contribution in [2.45, 2.75) is 26.9 Å². The first-order chi connectivity index (χ1) is 9.90. The van der Waals surface area contributed by atoms with Crippen LogP contribution in [0.5, 0.6) is 0 Å². The Morgan fingerprint density at radius 2 is 1.57 bits per heavy atom. The van der Waals surface area contributed by atoms with E-state index >= 15 is 0 Å². The maximum Gasteiger partial charge on any atom is 0.227 e. The van der Waals surface area contributed by atoms with Crippen molar-refractivity contribution >= 4 is 28.6 Å². The van der Waals surface area contributed by atoms with Crippen LogP contribution in [0.1, 0.15) is 37.3 Å². The lowest BCUT2D eigenvalue weighted by atomic mass is 10.1. The maximum absolute atomic E-state index is 11.7. The van der Waals surface area contributed by atoms with Crippen LogP contribution in [0.4, 0.5) is 0 Å². The fraction of sp³-hybridized carbons (Fsp3) is 0.267. The molecular formula is C15H17N3O3. The van der Waals surface area contributed by atoms with Gasteiger partial charge in [-0.15, -0.1) is 0 Å². The summed E-state index contributed by atoms with van der Waals surface area (Å²) in [6.07, 6.45) is 0.967. The molecular weight excluding hydrogens is 270 g/mol. The van der Waals surface area contributed by atoms with E-state index in [1.54, 1.807) is 6.20 Å². The first-order valence-corrected chi connectivity index (χ1v) is 6.55. The predicted octanol–water partition coefficient (Wildman–Crippen LogP) is 1.57. The van der Waals surface area contributed by atoms with Gasteiger partial charge in [0.1, 0.15) is 6.17 Å². The van der Waals surface area contributed by atoms with Gasteiger partial charge in [0.05, 0.1) is 5.52 Å². The van der Waals surface area contributed by atoms with Crippen LogP contribution in [0.3, 0.4) is 0 Å². The van der Waals surface area contributed by atoms with E-state index in [4.69, 9.17) is 0 Å². The summed E-state index contributed by atoms with van der Waals surface area (Å²) in [6.45, 7) is 4.21. The van der Waals surface area contributed by atoms with Gasteiger partial charge in [-0.25, -0.2) is 0 Å². The first-order valence-electron chi connectivity index (χ1n) is 6.55. The maximum atomic E-state index is 11.7. The Balaban J connectivity index is 2.59. The van der Waals surface area contributed by atoms with Crippen molar-refractivity contribution in [3.05, 3.63) is 36.0 Å². The summed E-state index contributed by atoms with van der Waals surface area (Å²) in [5.41, 5.74) is 1.41. The summed E-state index contributed by atoms with van der Waals surface area (Å²) in [4.78, 5) is 34.4. The minimum atomic E-state index is -0.675. The highest BCUT2D eigenvalue weighted by Gasteiger charge is 2.20. The van der Waals surface area contributed by atoms with Crippen molar-refractivity contribution < 1.29 is 14.4 Å². The molecule has 2 aromatic rings. The van der Waals surface area contributed by atoms with Gasteiger partial charge >= 0.3 is 0 Å². The normalized spacial score (nSPS) is 10.7. The van der Waals surface area contributed by atoms with Crippen LogP contribution in [-0.4, -0.2) is 22.3 Å². The molecule has 0 saturated heterocycles. The summed E-state index contributed by atoms with van der Waals surface area (Å²) >= 11 is 0. The number of nitrogens with one attached hydrogen (secondary N) is 2. The second-order valence-corrected chi connectivity index (χ2v) is 4.82. The highest BCUT2D eigenvalue weighted by molar-refractivity contribution is 5.94. The third-order valence-corrected chi connectivity index (χ3v) is 3.09. The number of benzene rings is 1. The number of hydrogen-bond acceptors (Lipinski definition) is 3. The highest BCUT2D eigenvalue weighted by Crippen LogP contribution is 2.25. The first kappa shape index (κ1) is 14.8. The van der Waals surface area contributed by atoms with Crippen molar-refractivity contribution in [2.24, 2.45) is 0 Å². The van der Waals surface area contributed by atoms with Crippen molar-refractivity contribution in [2.75, 3.05) is 0 Å². The molecule has 1 aromatic heterocycles. The Labute approximate surface area is 122 Å². The number of rotatable bonds is 3. The summed E-state index contributed by atoms with van der Waals surface area (Å²) in [5, 5.41) is 6.16. The van der Waals surface area contributed by atoms with E-state index in [-0.39, 0.29) is 17.7 Å². The molecule has 2 rings (SSSR count). The fourth-order valence-corrected chi connectivity index (χ4v) is 2.29. The number of amides is 2. The van der Waals surface area contributed by atoms with E-state index in [1.807, 2.05) is 24.3 Å². The van der Waals surface area contributed by atoms with E-state index in [0.29, 0.717) is 5.56 Å². The Morgan fingerprint density at radius 3 is 2.10 bits per heavy atom. The minimum absolute atomic E-state index is 0.137. The summed E-state index contributed by atoms with van der Waals surface area (Å²) in [7, 11) is 0. The number of aromatic nitrogens is 1. The zero-order valence-electron chi connectivity index (χ0n) is 12.1. The Bertz CT molecular complexity index is 702. The van der Waals surface area contributed by atoms with Gasteiger partial charge in [0.2, 0.25) is 17.7 Å². The lowest BCUT2D eigenvalue weighted by Gasteiger charge is -2.18. The number of nitrogens with zero attached hydrogens (tertiary/aromatic N) is 1. The fourth-order valence-electron chi connectivity index (χ4n) is 2.29. The number of carbonyl (C=O) groups excluding carboxylic acids is 3. The van der Waals surface area contributed by atoms with Gasteiger partial charge in [-0.05, 0) is 6.07 Å². The van der Waals surface area contributed by atoms with Gasteiger partial charge < -0.3 is 10.6 Å². The van der Waals surface area contributed by atoms with Crippen LogP contribution in [-0.2, 0) is 9.59 Å². The largest absolute Gasteiger partial charge is 0.332 e. The summed E-state index contributed by atoms with van der Waals surface area (Å²) in [6, 6.07) is 7.34. The zero-order valence-corrected chi connectivity index (χ0v) is 12.1. The molecule has 6 nitrogen and oxygen atoms in total. The smallest absolute Gasteiger partial charge is 0.227 e. The van der Waals surface area contributed by atoms with Crippen LogP contribution < -0.4 is 10.6 Å². The molecule has 1 heterocycles. The van der Waals surface area contributed by atoms with Gasteiger partial charge in [0, 0.05) is 37.9 Å². The molecule has 0 aliphatic rings. The monoisotopic (exact) mass is 287 g/mol. The Hall–Kier alpha value is -2.63. The van der Waals surface area contributed by atoms with Gasteiger partial charge in [-0.2, -0.15) is 0 Å². The van der Waals surface area contributed by atoms with E-state index in [1.165, 1.54) is 25.3 Å². The number of fused-ring (bicyclic) bond motifs is 1. The third kappa shape index (κ3) is 3.10. The quantitative estimate of drug-likeness (QED) is 0.841. The molecule has 0 fully saturated rings. The average molecular weight is 287 g/mol. The van der Waals surface area contributed by atoms with E-state index in [2.05, 4.69) is 10.6 Å². The number of hydrogen-bond donors (Lipinski definition) is 2. The molecule has 0 saturated carbocycles. The minimum Gasteiger partial charge on any atom is -0.332 e. The van der Waals surface area contributed by atoms with Gasteiger partial charge in [-0.1, -0.05) is 18.2 Å². The summed E-state index contributed by atoms with van der Waals surface area (Å²) < 4.78 is 1.50. The van der Waals surface area contributed by atoms with Crippen molar-refractivity contribution in [1.82, 2.24) is 15.2 Å². The molecule has 0 radical (unpaired) electrons. The lowest BCUT2D eigenvalue weighted by Crippen LogP contribution is -2.39. The number of carbonyl (C=O) groups is 3. The van der Waals surface area contributed by atoms with E-state index in [0.717, 1.165) is 10.9 Å². The van der Waals surface area contributed by atoms with Crippen molar-refractivity contribution in [1.29, 1.82) is 0 Å². The standard InChI is InChI=1S/C15H17N3O3/c1-9(19)16-15(17-10(2)20)13-8-18(11(3)21)14-7-5-4-6-12(13)14/h4-8,15H,1-3H3,(H,16,19)(H,17,20). The molecule has 1 aromatic carbocycles. The highest BCUT2D eigenvalue weighted by atomic mass is 16.2. The zero-order chi connectivity index (χ0) is 15.6. The Morgan fingerprint density at radius 1 is 1.00 bits per heavy atom. The molecule has 0 unspecified atom stereocenters. The third-order valence-electron chi connectivity index (χ3n) is 3.09. The Kier molecular flexibility index (Phi) is 4.07. The molecule has 0 aliphatic heterocycles. The molecule has 110 valence electrons. The molecule has 0 aliphatic carbocycles. The topological polar surface area (TPSA) is 80.2 Å². The summed E-state index contributed by atoms with van der Waals surface area (Å²) in [5.74, 6) is -0.677. The average Bonchev–Trinajstić information content (AvgIpc) is 2.76. The van der Waals surface area contributed by atoms with E-state index < -0.39 is 6.17 Å². The SMILES string of the molecule is CC(=O)NC(NC(C)=O)c1cn(C(C)=O)c2ccccc12. The van der Waals surface area contributed by atoms with Crippen molar-refractivity contribution in [3.63, 3.8) is 0 Å². The number of para-hydroxylation sites is 1. The van der Waals surface area contributed by atoms with Gasteiger partial charge in [-0.3, -0.25) is 19.0 Å². The van der Waals surface area contributed by atoms with Gasteiger partial charge in [0.25, 0.3) is 0 Å². The second-order valence-electron chi connectivity index (χ2n) is 4.82. The molecule has 0 spiro atoms. The molecule has 0 bridgehead atoms. The molecule has 0 atom stereocenters. The molecule has 6 heteroatoms. The molecule has 21 heavy (non-hydrogen) atoms. The van der Waals surface area contributed by atoms with Crippen molar-refractivity contribution in [3.8, 4) is 0 Å². The van der Waals surface area contributed by atoms with Crippen LogP contribution in [0, 0.1) is 0 Å². The van der Waals surface area contributed by atoms with Crippen LogP contribution in [0.15, 0.2) is 30.5 Å². The van der Waals surface area contributed by atoms with Crippen LogP contribution >= 0.6 is 0 Å². The second kappa shape index (κ2) is 5.78.